The van der Waals surface area contributed by atoms with E-state index >= 15 is 0 Å². The highest BCUT2D eigenvalue weighted by molar-refractivity contribution is 5.72. The van der Waals surface area contributed by atoms with Crippen molar-refractivity contribution in [3.05, 3.63) is 18.1 Å². The lowest BCUT2D eigenvalue weighted by molar-refractivity contribution is -0.146. The number of hydrogen-bond donors (Lipinski definition) is 0. The molecule has 3 rings (SSSR count). The first-order valence-electron chi connectivity index (χ1n) is 7.40. The third kappa shape index (κ3) is 3.08. The molecule has 0 bridgehead atoms. The number of esters is 1. The molecule has 2 fully saturated rings. The first-order chi connectivity index (χ1) is 9.76. The number of carbonyl (C=O) groups is 1. The molecule has 2 aliphatic rings. The molecule has 1 aromatic rings. The van der Waals surface area contributed by atoms with Gasteiger partial charge in [0.1, 0.15) is 12.1 Å². The number of nitrogens with zero attached hydrogens (tertiary/aromatic N) is 3. The molecule has 0 spiro atoms. The molecule has 5 nitrogen and oxygen atoms in total. The molecule has 1 aromatic heterocycles. The summed E-state index contributed by atoms with van der Waals surface area (Å²) in [6.45, 7) is 1.72. The van der Waals surface area contributed by atoms with E-state index in [4.69, 9.17) is 4.74 Å². The number of hydrogen-bond acceptors (Lipinski definition) is 5. The summed E-state index contributed by atoms with van der Waals surface area (Å²) in [5.74, 6) is 1.80. The van der Waals surface area contributed by atoms with Gasteiger partial charge in [0.15, 0.2) is 0 Å². The van der Waals surface area contributed by atoms with Gasteiger partial charge >= 0.3 is 5.97 Å². The van der Waals surface area contributed by atoms with E-state index in [-0.39, 0.29) is 11.9 Å². The van der Waals surface area contributed by atoms with Crippen molar-refractivity contribution in [3.63, 3.8) is 0 Å². The Morgan fingerprint density at radius 2 is 2.05 bits per heavy atom. The Bertz CT molecular complexity index is 480. The quantitative estimate of drug-likeness (QED) is 0.785. The molecule has 20 heavy (non-hydrogen) atoms. The van der Waals surface area contributed by atoms with E-state index in [1.165, 1.54) is 20.0 Å². The van der Waals surface area contributed by atoms with Crippen LogP contribution in [0.15, 0.2) is 12.4 Å². The van der Waals surface area contributed by atoms with Crippen LogP contribution in [-0.2, 0) is 16.0 Å². The summed E-state index contributed by atoms with van der Waals surface area (Å²) >= 11 is 0. The van der Waals surface area contributed by atoms with Crippen LogP contribution in [0.1, 0.15) is 31.4 Å². The number of anilines is 1. The van der Waals surface area contributed by atoms with Crippen LogP contribution in [0.5, 0.6) is 0 Å². The second kappa shape index (κ2) is 5.77. The summed E-state index contributed by atoms with van der Waals surface area (Å²) < 4.78 is 4.82. The fourth-order valence-electron chi connectivity index (χ4n) is 2.80. The zero-order valence-corrected chi connectivity index (χ0v) is 11.9. The maximum Gasteiger partial charge on any atom is 0.308 e. The lowest BCUT2D eigenvalue weighted by Gasteiger charge is -2.31. The second-order valence-corrected chi connectivity index (χ2v) is 5.80. The van der Waals surface area contributed by atoms with Gasteiger partial charge in [-0.3, -0.25) is 4.79 Å². The maximum absolute atomic E-state index is 11.5. The molecular formula is C15H21N3O2. The van der Waals surface area contributed by atoms with E-state index in [1.54, 1.807) is 6.33 Å². The molecular weight excluding hydrogens is 254 g/mol. The number of aromatic nitrogens is 2. The molecule has 2 heterocycles. The maximum atomic E-state index is 11.5. The molecule has 1 aliphatic carbocycles. The topological polar surface area (TPSA) is 55.3 Å². The SMILES string of the molecule is COC(=O)C1CCN(c2cc(CC3CC3)ncn2)CC1. The zero-order valence-electron chi connectivity index (χ0n) is 11.9. The van der Waals surface area contributed by atoms with Gasteiger partial charge in [-0.25, -0.2) is 9.97 Å². The molecule has 108 valence electrons. The standard InChI is InChI=1S/C15H21N3O2/c1-20-15(19)12-4-6-18(7-5-12)14-9-13(16-10-17-14)8-11-2-3-11/h9-12H,2-8H2,1H3. The summed E-state index contributed by atoms with van der Waals surface area (Å²) in [4.78, 5) is 22.5. The van der Waals surface area contributed by atoms with Crippen molar-refractivity contribution < 1.29 is 9.53 Å². The molecule has 0 amide bonds. The number of methoxy groups -OCH3 is 1. The van der Waals surface area contributed by atoms with Crippen LogP contribution >= 0.6 is 0 Å². The Balaban J connectivity index is 1.60. The highest BCUT2D eigenvalue weighted by atomic mass is 16.5. The third-order valence-electron chi connectivity index (χ3n) is 4.26. The van der Waals surface area contributed by atoms with Gasteiger partial charge in [-0.05, 0) is 38.0 Å². The summed E-state index contributed by atoms with van der Waals surface area (Å²) in [5, 5.41) is 0. The van der Waals surface area contributed by atoms with Crippen molar-refractivity contribution in [1.29, 1.82) is 0 Å². The molecule has 0 atom stereocenters. The number of rotatable bonds is 4. The molecule has 1 saturated heterocycles. The predicted molar refractivity (Wildman–Crippen MR) is 75.4 cm³/mol. The average molecular weight is 275 g/mol. The molecule has 0 aromatic carbocycles. The van der Waals surface area contributed by atoms with Gasteiger partial charge in [0.2, 0.25) is 0 Å². The van der Waals surface area contributed by atoms with Crippen LogP contribution in [0.2, 0.25) is 0 Å². The van der Waals surface area contributed by atoms with Crippen LogP contribution in [0, 0.1) is 11.8 Å². The molecule has 1 saturated carbocycles. The third-order valence-corrected chi connectivity index (χ3v) is 4.26. The lowest BCUT2D eigenvalue weighted by Crippen LogP contribution is -2.37. The van der Waals surface area contributed by atoms with E-state index in [0.717, 1.165) is 49.8 Å². The summed E-state index contributed by atoms with van der Waals surface area (Å²) in [7, 11) is 1.46. The number of piperidine rings is 1. The van der Waals surface area contributed by atoms with Crippen LogP contribution < -0.4 is 4.90 Å². The van der Waals surface area contributed by atoms with Gasteiger partial charge in [-0.1, -0.05) is 0 Å². The first-order valence-corrected chi connectivity index (χ1v) is 7.40. The minimum absolute atomic E-state index is 0.0454. The fraction of sp³-hybridized carbons (Fsp3) is 0.667. The van der Waals surface area contributed by atoms with Gasteiger partial charge in [0.25, 0.3) is 0 Å². The minimum Gasteiger partial charge on any atom is -0.469 e. The van der Waals surface area contributed by atoms with Crippen molar-refractivity contribution in [2.24, 2.45) is 11.8 Å². The van der Waals surface area contributed by atoms with E-state index in [9.17, 15) is 4.79 Å². The van der Waals surface area contributed by atoms with Crippen molar-refractivity contribution >= 4 is 11.8 Å². The Morgan fingerprint density at radius 3 is 2.70 bits per heavy atom. The van der Waals surface area contributed by atoms with E-state index in [1.807, 2.05) is 0 Å². The highest BCUT2D eigenvalue weighted by Crippen LogP contribution is 2.32. The van der Waals surface area contributed by atoms with Crippen molar-refractivity contribution in [2.45, 2.75) is 32.1 Å². The molecule has 1 aliphatic heterocycles. The van der Waals surface area contributed by atoms with Crippen LogP contribution in [-0.4, -0.2) is 36.1 Å². The van der Waals surface area contributed by atoms with Gasteiger partial charge in [0.05, 0.1) is 13.0 Å². The van der Waals surface area contributed by atoms with E-state index < -0.39 is 0 Å². The Kier molecular flexibility index (Phi) is 3.85. The van der Waals surface area contributed by atoms with Crippen molar-refractivity contribution in [2.75, 3.05) is 25.1 Å². The number of carbonyl (C=O) groups excluding carboxylic acids is 1. The highest BCUT2D eigenvalue weighted by Gasteiger charge is 2.27. The second-order valence-electron chi connectivity index (χ2n) is 5.80. The van der Waals surface area contributed by atoms with Crippen LogP contribution in [0.3, 0.4) is 0 Å². The lowest BCUT2D eigenvalue weighted by atomic mass is 9.97. The molecule has 0 unspecified atom stereocenters. The van der Waals surface area contributed by atoms with Crippen LogP contribution in [0.4, 0.5) is 5.82 Å². The molecule has 5 heteroatoms. The van der Waals surface area contributed by atoms with Gasteiger partial charge < -0.3 is 9.64 Å². The zero-order chi connectivity index (χ0) is 13.9. The van der Waals surface area contributed by atoms with Crippen molar-refractivity contribution in [3.8, 4) is 0 Å². The Labute approximate surface area is 119 Å². The smallest absolute Gasteiger partial charge is 0.308 e. The number of ether oxygens (including phenoxy) is 1. The van der Waals surface area contributed by atoms with Crippen LogP contribution in [0.25, 0.3) is 0 Å². The fourth-order valence-corrected chi connectivity index (χ4v) is 2.80. The largest absolute Gasteiger partial charge is 0.469 e. The van der Waals surface area contributed by atoms with Gasteiger partial charge in [-0.2, -0.15) is 0 Å². The molecule has 0 N–H and O–H groups in total. The average Bonchev–Trinajstić information content (AvgIpc) is 3.31. The normalized spacial score (nSPS) is 19.9. The summed E-state index contributed by atoms with van der Waals surface area (Å²) in [5.41, 5.74) is 1.15. The first kappa shape index (κ1) is 13.3. The minimum atomic E-state index is -0.0817. The Hall–Kier alpha value is -1.65. The predicted octanol–water partition coefficient (Wildman–Crippen LogP) is 1.82. The van der Waals surface area contributed by atoms with Gasteiger partial charge in [-0.15, -0.1) is 0 Å². The van der Waals surface area contributed by atoms with Gasteiger partial charge in [0, 0.05) is 24.8 Å². The summed E-state index contributed by atoms with van der Waals surface area (Å²) in [6, 6.07) is 2.11. The van der Waals surface area contributed by atoms with Crippen molar-refractivity contribution in [1.82, 2.24) is 9.97 Å². The van der Waals surface area contributed by atoms with E-state index in [2.05, 4.69) is 20.9 Å². The van der Waals surface area contributed by atoms with E-state index in [0.29, 0.717) is 0 Å². The monoisotopic (exact) mass is 275 g/mol. The summed E-state index contributed by atoms with van der Waals surface area (Å²) in [6.07, 6.45) is 7.10. The Morgan fingerprint density at radius 1 is 1.30 bits per heavy atom. The molecule has 0 radical (unpaired) electrons.